The van der Waals surface area contributed by atoms with Crippen LogP contribution in [0.3, 0.4) is 0 Å². The van der Waals surface area contributed by atoms with E-state index in [0.29, 0.717) is 0 Å². The smallest absolute Gasteiger partial charge is 0.0828 e. The van der Waals surface area contributed by atoms with Crippen molar-refractivity contribution >= 4 is 0 Å². The fraction of sp³-hybridized carbons (Fsp3) is 0.857. The molecular weight excluding hydrogens is 198 g/mol. The van der Waals surface area contributed by atoms with E-state index >= 15 is 0 Å². The minimum absolute atomic E-state index is 0.0783. The van der Waals surface area contributed by atoms with Gasteiger partial charge in [0.2, 0.25) is 0 Å². The van der Waals surface area contributed by atoms with Gasteiger partial charge in [-0.2, -0.15) is 0 Å². The number of nitrogens with two attached hydrogens (primary N) is 1. The standard InChI is InChI=1S/C14H25NO/c1-3-4-7-10-13(15)14(16-2)11-8-5-6-9-12-14/h1,13H,4-12,15H2,2H3. The lowest BCUT2D eigenvalue weighted by atomic mass is 9.84. The summed E-state index contributed by atoms with van der Waals surface area (Å²) < 4.78 is 5.77. The molecule has 0 aromatic carbocycles. The molecule has 2 heteroatoms. The van der Waals surface area contributed by atoms with Crippen molar-refractivity contribution in [2.75, 3.05) is 7.11 Å². The van der Waals surface area contributed by atoms with Crippen LogP contribution in [0.1, 0.15) is 57.8 Å². The summed E-state index contributed by atoms with van der Waals surface area (Å²) in [5.41, 5.74) is 6.23. The van der Waals surface area contributed by atoms with Crippen molar-refractivity contribution in [2.45, 2.75) is 69.4 Å². The zero-order chi connectivity index (χ0) is 11.9. The van der Waals surface area contributed by atoms with Crippen LogP contribution < -0.4 is 5.73 Å². The van der Waals surface area contributed by atoms with E-state index in [-0.39, 0.29) is 11.6 Å². The topological polar surface area (TPSA) is 35.2 Å². The quantitative estimate of drug-likeness (QED) is 0.442. The van der Waals surface area contributed by atoms with E-state index in [2.05, 4.69) is 5.92 Å². The number of hydrogen-bond donors (Lipinski definition) is 1. The molecule has 1 atom stereocenters. The lowest BCUT2D eigenvalue weighted by molar-refractivity contribution is -0.0452. The molecule has 0 aromatic heterocycles. The van der Waals surface area contributed by atoms with Crippen LogP contribution in [0.25, 0.3) is 0 Å². The molecule has 2 nitrogen and oxygen atoms in total. The van der Waals surface area contributed by atoms with Gasteiger partial charge in [-0.1, -0.05) is 25.7 Å². The van der Waals surface area contributed by atoms with Crippen LogP contribution in [0.2, 0.25) is 0 Å². The summed E-state index contributed by atoms with van der Waals surface area (Å²) in [7, 11) is 1.81. The van der Waals surface area contributed by atoms with Gasteiger partial charge >= 0.3 is 0 Å². The first kappa shape index (κ1) is 13.5. The van der Waals surface area contributed by atoms with Gasteiger partial charge in [-0.3, -0.25) is 0 Å². The van der Waals surface area contributed by atoms with Gasteiger partial charge in [0, 0.05) is 19.6 Å². The van der Waals surface area contributed by atoms with Crippen molar-refractivity contribution in [3.63, 3.8) is 0 Å². The Hall–Kier alpha value is -0.520. The summed E-state index contributed by atoms with van der Waals surface area (Å²) in [5, 5.41) is 0. The van der Waals surface area contributed by atoms with E-state index in [1.165, 1.54) is 25.7 Å². The summed E-state index contributed by atoms with van der Waals surface area (Å²) in [4.78, 5) is 0. The molecule has 1 rings (SSSR count). The number of ether oxygens (including phenoxy) is 1. The summed E-state index contributed by atoms with van der Waals surface area (Å²) in [6.45, 7) is 0. The zero-order valence-corrected chi connectivity index (χ0v) is 10.5. The molecule has 0 radical (unpaired) electrons. The Bertz CT molecular complexity index is 223. The molecule has 1 fully saturated rings. The van der Waals surface area contributed by atoms with Crippen molar-refractivity contribution in [1.29, 1.82) is 0 Å². The fourth-order valence-corrected chi connectivity index (χ4v) is 2.74. The molecule has 1 aliphatic rings. The van der Waals surface area contributed by atoms with Crippen LogP contribution in [0.5, 0.6) is 0 Å². The Morgan fingerprint density at radius 2 is 1.94 bits per heavy atom. The van der Waals surface area contributed by atoms with E-state index in [1.54, 1.807) is 0 Å². The van der Waals surface area contributed by atoms with Gasteiger partial charge in [0.15, 0.2) is 0 Å². The molecule has 0 heterocycles. The molecule has 1 saturated carbocycles. The Balaban J connectivity index is 2.51. The van der Waals surface area contributed by atoms with Crippen LogP contribution in [-0.4, -0.2) is 18.8 Å². The first-order chi connectivity index (χ1) is 7.75. The van der Waals surface area contributed by atoms with Crippen molar-refractivity contribution in [3.05, 3.63) is 0 Å². The van der Waals surface area contributed by atoms with Crippen molar-refractivity contribution < 1.29 is 4.74 Å². The second-order valence-corrected chi connectivity index (χ2v) is 4.89. The molecule has 1 aliphatic carbocycles. The minimum Gasteiger partial charge on any atom is -0.377 e. The van der Waals surface area contributed by atoms with Crippen LogP contribution in [0.15, 0.2) is 0 Å². The van der Waals surface area contributed by atoms with Crippen molar-refractivity contribution in [2.24, 2.45) is 5.73 Å². The zero-order valence-electron chi connectivity index (χ0n) is 10.5. The molecule has 0 bridgehead atoms. The Morgan fingerprint density at radius 3 is 2.44 bits per heavy atom. The van der Waals surface area contributed by atoms with Crippen LogP contribution in [-0.2, 0) is 4.74 Å². The molecule has 0 amide bonds. The van der Waals surface area contributed by atoms with Crippen molar-refractivity contribution in [1.82, 2.24) is 0 Å². The first-order valence-electron chi connectivity index (χ1n) is 6.49. The summed E-state index contributed by atoms with van der Waals surface area (Å²) in [6.07, 6.45) is 15.4. The molecule has 1 unspecified atom stereocenters. The van der Waals surface area contributed by atoms with Gasteiger partial charge in [0.05, 0.1) is 5.60 Å². The SMILES string of the molecule is C#CCCCC(N)C1(OC)CCCCCC1. The average Bonchev–Trinajstić information content (AvgIpc) is 2.55. The summed E-state index contributed by atoms with van der Waals surface area (Å²) >= 11 is 0. The minimum atomic E-state index is -0.0783. The maximum Gasteiger partial charge on any atom is 0.0828 e. The third-order valence-electron chi connectivity index (χ3n) is 3.87. The molecule has 16 heavy (non-hydrogen) atoms. The molecule has 92 valence electrons. The Morgan fingerprint density at radius 1 is 1.31 bits per heavy atom. The predicted octanol–water partition coefficient (Wildman–Crippen LogP) is 2.86. The molecule has 0 spiro atoms. The number of unbranched alkanes of at least 4 members (excludes halogenated alkanes) is 1. The van der Waals surface area contributed by atoms with Gasteiger partial charge in [-0.25, -0.2) is 0 Å². The maximum absolute atomic E-state index is 6.31. The monoisotopic (exact) mass is 223 g/mol. The van der Waals surface area contributed by atoms with Gasteiger partial charge in [-0.15, -0.1) is 12.3 Å². The third kappa shape index (κ3) is 3.50. The molecule has 0 saturated heterocycles. The van der Waals surface area contributed by atoms with Gasteiger partial charge < -0.3 is 10.5 Å². The van der Waals surface area contributed by atoms with E-state index < -0.39 is 0 Å². The largest absolute Gasteiger partial charge is 0.377 e. The first-order valence-corrected chi connectivity index (χ1v) is 6.49. The molecular formula is C14H25NO. The highest BCUT2D eigenvalue weighted by molar-refractivity contribution is 4.93. The van der Waals surface area contributed by atoms with Crippen LogP contribution in [0.4, 0.5) is 0 Å². The highest BCUT2D eigenvalue weighted by Crippen LogP contribution is 2.33. The lowest BCUT2D eigenvalue weighted by Crippen LogP contribution is -2.49. The predicted molar refractivity (Wildman–Crippen MR) is 68.1 cm³/mol. The maximum atomic E-state index is 6.31. The van der Waals surface area contributed by atoms with Crippen LogP contribution in [0, 0.1) is 12.3 Å². The van der Waals surface area contributed by atoms with E-state index in [4.69, 9.17) is 16.9 Å². The van der Waals surface area contributed by atoms with Gasteiger partial charge in [-0.05, 0) is 25.7 Å². The average molecular weight is 223 g/mol. The lowest BCUT2D eigenvalue weighted by Gasteiger charge is -2.37. The van der Waals surface area contributed by atoms with E-state index in [0.717, 1.165) is 32.1 Å². The molecule has 0 aliphatic heterocycles. The van der Waals surface area contributed by atoms with Crippen LogP contribution >= 0.6 is 0 Å². The second-order valence-electron chi connectivity index (χ2n) is 4.89. The third-order valence-corrected chi connectivity index (χ3v) is 3.87. The highest BCUT2D eigenvalue weighted by Gasteiger charge is 2.36. The summed E-state index contributed by atoms with van der Waals surface area (Å²) in [5.74, 6) is 2.67. The van der Waals surface area contributed by atoms with Gasteiger partial charge in [0.1, 0.15) is 0 Å². The van der Waals surface area contributed by atoms with E-state index in [9.17, 15) is 0 Å². The fourth-order valence-electron chi connectivity index (χ4n) is 2.74. The highest BCUT2D eigenvalue weighted by atomic mass is 16.5. The number of methoxy groups -OCH3 is 1. The molecule has 2 N–H and O–H groups in total. The Kier molecular flexibility index (Phi) is 5.87. The number of hydrogen-bond acceptors (Lipinski definition) is 2. The second kappa shape index (κ2) is 6.93. The molecule has 0 aromatic rings. The normalized spacial score (nSPS) is 22.1. The van der Waals surface area contributed by atoms with Gasteiger partial charge in [0.25, 0.3) is 0 Å². The van der Waals surface area contributed by atoms with Crippen molar-refractivity contribution in [3.8, 4) is 12.3 Å². The number of rotatable bonds is 5. The Labute approximate surface area is 99.9 Å². The van der Waals surface area contributed by atoms with E-state index in [1.807, 2.05) is 7.11 Å². The summed E-state index contributed by atoms with van der Waals surface area (Å²) in [6, 6.07) is 0.143. The number of terminal acetylenes is 1.